The molecule has 0 atom stereocenters. The van der Waals surface area contributed by atoms with E-state index in [4.69, 9.17) is 4.74 Å². The van der Waals surface area contributed by atoms with E-state index in [0.717, 1.165) is 23.1 Å². The van der Waals surface area contributed by atoms with Crippen molar-refractivity contribution in [3.05, 3.63) is 54.1 Å². The van der Waals surface area contributed by atoms with Crippen molar-refractivity contribution < 1.29 is 9.53 Å². The second kappa shape index (κ2) is 9.60. The van der Waals surface area contributed by atoms with E-state index in [0.29, 0.717) is 17.4 Å². The van der Waals surface area contributed by atoms with E-state index < -0.39 is 0 Å². The molecule has 1 aromatic heterocycles. The Labute approximate surface area is 175 Å². The minimum absolute atomic E-state index is 0.118. The molecule has 29 heavy (non-hydrogen) atoms. The van der Waals surface area contributed by atoms with Crippen molar-refractivity contribution in [3.8, 4) is 17.1 Å². The Bertz CT molecular complexity index is 967. The summed E-state index contributed by atoms with van der Waals surface area (Å²) >= 11 is 1.37. The van der Waals surface area contributed by atoms with Crippen molar-refractivity contribution in [3.63, 3.8) is 0 Å². The molecule has 0 saturated heterocycles. The molecule has 0 unspecified atom stereocenters. The summed E-state index contributed by atoms with van der Waals surface area (Å²) in [5.41, 5.74) is 2.97. The van der Waals surface area contributed by atoms with Crippen LogP contribution in [0.4, 0.5) is 5.69 Å². The molecule has 0 bridgehead atoms. The van der Waals surface area contributed by atoms with Gasteiger partial charge in [-0.3, -0.25) is 4.79 Å². The highest BCUT2D eigenvalue weighted by Gasteiger charge is 2.15. The Balaban J connectivity index is 1.69. The SMILES string of the molecule is CCn1c(SCC(=O)Nc2ccccc2OC)nnc1-c1ccc(C(C)C)cc1. The number of nitrogens with zero attached hydrogens (tertiary/aromatic N) is 3. The summed E-state index contributed by atoms with van der Waals surface area (Å²) in [6.45, 7) is 7.13. The topological polar surface area (TPSA) is 69.0 Å². The third kappa shape index (κ3) is 4.98. The van der Waals surface area contributed by atoms with Crippen molar-refractivity contribution in [2.24, 2.45) is 0 Å². The van der Waals surface area contributed by atoms with Crippen LogP contribution in [-0.4, -0.2) is 33.5 Å². The van der Waals surface area contributed by atoms with Gasteiger partial charge in [-0.15, -0.1) is 10.2 Å². The summed E-state index contributed by atoms with van der Waals surface area (Å²) in [6.07, 6.45) is 0. The molecular weight excluding hydrogens is 384 g/mol. The minimum Gasteiger partial charge on any atom is -0.495 e. The average Bonchev–Trinajstić information content (AvgIpc) is 3.15. The van der Waals surface area contributed by atoms with Gasteiger partial charge in [-0.2, -0.15) is 0 Å². The van der Waals surface area contributed by atoms with Crippen LogP contribution in [0.2, 0.25) is 0 Å². The number of thioether (sulfide) groups is 1. The van der Waals surface area contributed by atoms with Gasteiger partial charge in [0.1, 0.15) is 5.75 Å². The van der Waals surface area contributed by atoms with Gasteiger partial charge in [-0.25, -0.2) is 0 Å². The minimum atomic E-state index is -0.118. The van der Waals surface area contributed by atoms with E-state index in [2.05, 4.69) is 53.6 Å². The number of hydrogen-bond donors (Lipinski definition) is 1. The van der Waals surface area contributed by atoms with Crippen LogP contribution in [0.25, 0.3) is 11.4 Å². The molecule has 0 radical (unpaired) electrons. The fraction of sp³-hybridized carbons (Fsp3) is 0.318. The fourth-order valence-electron chi connectivity index (χ4n) is 2.98. The molecule has 0 spiro atoms. The van der Waals surface area contributed by atoms with Crippen LogP contribution in [0.3, 0.4) is 0 Å². The number of hydrogen-bond acceptors (Lipinski definition) is 5. The average molecular weight is 411 g/mol. The number of carbonyl (C=O) groups is 1. The Morgan fingerprint density at radius 2 is 1.86 bits per heavy atom. The lowest BCUT2D eigenvalue weighted by Crippen LogP contribution is -2.15. The van der Waals surface area contributed by atoms with Crippen LogP contribution in [0, 0.1) is 0 Å². The second-order valence-corrected chi connectivity index (χ2v) is 7.81. The van der Waals surface area contributed by atoms with Gasteiger partial charge >= 0.3 is 0 Å². The van der Waals surface area contributed by atoms with Gasteiger partial charge in [0.15, 0.2) is 11.0 Å². The number of ether oxygens (including phenoxy) is 1. The smallest absolute Gasteiger partial charge is 0.234 e. The van der Waals surface area contributed by atoms with E-state index >= 15 is 0 Å². The number of aromatic nitrogens is 3. The zero-order valence-corrected chi connectivity index (χ0v) is 18.0. The first kappa shape index (κ1) is 20.9. The summed E-state index contributed by atoms with van der Waals surface area (Å²) in [5.74, 6) is 2.06. The van der Waals surface area contributed by atoms with Crippen LogP contribution >= 0.6 is 11.8 Å². The molecule has 0 aliphatic rings. The first-order chi connectivity index (χ1) is 14.0. The number of benzene rings is 2. The van der Waals surface area contributed by atoms with E-state index in [1.807, 2.05) is 35.8 Å². The predicted octanol–water partition coefficient (Wildman–Crippen LogP) is 4.83. The van der Waals surface area contributed by atoms with Gasteiger partial charge in [0.25, 0.3) is 0 Å². The van der Waals surface area contributed by atoms with E-state index in [-0.39, 0.29) is 11.7 Å². The summed E-state index contributed by atoms with van der Waals surface area (Å²) in [6, 6.07) is 15.8. The van der Waals surface area contributed by atoms with Crippen LogP contribution in [-0.2, 0) is 11.3 Å². The Morgan fingerprint density at radius 3 is 2.52 bits per heavy atom. The highest BCUT2D eigenvalue weighted by atomic mass is 32.2. The summed E-state index contributed by atoms with van der Waals surface area (Å²) in [4.78, 5) is 12.4. The standard InChI is InChI=1S/C22H26N4O2S/c1-5-26-21(17-12-10-16(11-13-17)15(2)3)24-25-22(26)29-14-20(27)23-18-8-6-7-9-19(18)28-4/h6-13,15H,5,14H2,1-4H3,(H,23,27). The van der Waals surface area contributed by atoms with Crippen molar-refractivity contribution in [2.75, 3.05) is 18.2 Å². The van der Waals surface area contributed by atoms with E-state index in [1.165, 1.54) is 17.3 Å². The van der Waals surface area contributed by atoms with Crippen molar-refractivity contribution >= 4 is 23.4 Å². The van der Waals surface area contributed by atoms with Gasteiger partial charge in [-0.05, 0) is 30.5 Å². The normalized spacial score (nSPS) is 10.9. The zero-order valence-electron chi connectivity index (χ0n) is 17.2. The number of carbonyl (C=O) groups excluding carboxylic acids is 1. The number of amides is 1. The van der Waals surface area contributed by atoms with Crippen LogP contribution in [0.5, 0.6) is 5.75 Å². The third-order valence-corrected chi connectivity index (χ3v) is 5.55. The number of rotatable bonds is 8. The number of nitrogens with one attached hydrogen (secondary N) is 1. The molecular formula is C22H26N4O2S. The highest BCUT2D eigenvalue weighted by molar-refractivity contribution is 7.99. The van der Waals surface area contributed by atoms with Crippen molar-refractivity contribution in [1.82, 2.24) is 14.8 Å². The first-order valence-corrected chi connectivity index (χ1v) is 10.6. The Kier molecular flexibility index (Phi) is 6.93. The maximum atomic E-state index is 12.4. The molecule has 3 rings (SSSR count). The van der Waals surface area contributed by atoms with Gasteiger partial charge in [0.2, 0.25) is 5.91 Å². The highest BCUT2D eigenvalue weighted by Crippen LogP contribution is 2.27. The largest absolute Gasteiger partial charge is 0.495 e. The Hall–Kier alpha value is -2.80. The number of anilines is 1. The lowest BCUT2D eigenvalue weighted by Gasteiger charge is -2.10. The van der Waals surface area contributed by atoms with Gasteiger partial charge in [-0.1, -0.05) is 62.0 Å². The van der Waals surface area contributed by atoms with Crippen LogP contribution in [0.15, 0.2) is 53.7 Å². The number of methoxy groups -OCH3 is 1. The molecule has 7 heteroatoms. The maximum absolute atomic E-state index is 12.4. The lowest BCUT2D eigenvalue weighted by molar-refractivity contribution is -0.113. The molecule has 1 amide bonds. The fourth-order valence-corrected chi connectivity index (χ4v) is 3.78. The van der Waals surface area contributed by atoms with Crippen molar-refractivity contribution in [1.29, 1.82) is 0 Å². The van der Waals surface area contributed by atoms with E-state index in [1.54, 1.807) is 7.11 Å². The summed E-state index contributed by atoms with van der Waals surface area (Å²) in [5, 5.41) is 12.3. The summed E-state index contributed by atoms with van der Waals surface area (Å²) in [7, 11) is 1.58. The van der Waals surface area contributed by atoms with Crippen LogP contribution < -0.4 is 10.1 Å². The molecule has 0 aliphatic carbocycles. The Morgan fingerprint density at radius 1 is 1.14 bits per heavy atom. The molecule has 0 fully saturated rings. The van der Waals surface area contributed by atoms with E-state index in [9.17, 15) is 4.79 Å². The monoisotopic (exact) mass is 410 g/mol. The molecule has 0 aliphatic heterocycles. The lowest BCUT2D eigenvalue weighted by atomic mass is 10.0. The molecule has 1 heterocycles. The van der Waals surface area contributed by atoms with Gasteiger partial charge in [0.05, 0.1) is 18.6 Å². The predicted molar refractivity (Wildman–Crippen MR) is 118 cm³/mol. The zero-order chi connectivity index (χ0) is 20.8. The third-order valence-electron chi connectivity index (χ3n) is 4.58. The van der Waals surface area contributed by atoms with Crippen molar-refractivity contribution in [2.45, 2.75) is 38.4 Å². The summed E-state index contributed by atoms with van der Waals surface area (Å²) < 4.78 is 7.31. The molecule has 0 saturated carbocycles. The number of para-hydroxylation sites is 2. The molecule has 2 aromatic carbocycles. The molecule has 6 nitrogen and oxygen atoms in total. The quantitative estimate of drug-likeness (QED) is 0.539. The van der Waals surface area contributed by atoms with Gasteiger partial charge in [0, 0.05) is 12.1 Å². The maximum Gasteiger partial charge on any atom is 0.234 e. The second-order valence-electron chi connectivity index (χ2n) is 6.86. The molecule has 1 N–H and O–H groups in total. The molecule has 152 valence electrons. The van der Waals surface area contributed by atoms with Gasteiger partial charge < -0.3 is 14.6 Å². The van der Waals surface area contributed by atoms with Crippen LogP contribution in [0.1, 0.15) is 32.3 Å². The molecule has 3 aromatic rings. The first-order valence-electron chi connectivity index (χ1n) is 9.62.